The van der Waals surface area contributed by atoms with Crippen molar-refractivity contribution in [3.05, 3.63) is 23.9 Å². The van der Waals surface area contributed by atoms with Crippen molar-refractivity contribution >= 4 is 0 Å². The molecular formula is C11H17NO3. The maximum Gasteiger partial charge on any atom is 0.216 e. The van der Waals surface area contributed by atoms with E-state index in [1.807, 2.05) is 26.0 Å². The van der Waals surface area contributed by atoms with Gasteiger partial charge in [-0.3, -0.25) is 0 Å². The second-order valence-corrected chi connectivity index (χ2v) is 3.70. The number of aromatic nitrogens is 1. The molecule has 4 nitrogen and oxygen atoms in total. The third-order valence-corrected chi connectivity index (χ3v) is 2.05. The lowest BCUT2D eigenvalue weighted by Gasteiger charge is -2.13. The van der Waals surface area contributed by atoms with E-state index in [0.29, 0.717) is 11.8 Å². The number of rotatable bonds is 5. The highest BCUT2D eigenvalue weighted by Crippen LogP contribution is 2.23. The van der Waals surface area contributed by atoms with Gasteiger partial charge in [-0.1, -0.05) is 19.9 Å². The minimum Gasteiger partial charge on any atom is -0.475 e. The zero-order chi connectivity index (χ0) is 11.3. The van der Waals surface area contributed by atoms with Crippen LogP contribution in [0.1, 0.15) is 25.3 Å². The highest BCUT2D eigenvalue weighted by Gasteiger charge is 2.10. The van der Waals surface area contributed by atoms with Crippen LogP contribution in [0.4, 0.5) is 0 Å². The summed E-state index contributed by atoms with van der Waals surface area (Å²) in [5, 5.41) is 17.8. The second kappa shape index (κ2) is 5.68. The summed E-state index contributed by atoms with van der Waals surface area (Å²) < 4.78 is 5.33. The molecule has 1 unspecified atom stereocenters. The largest absolute Gasteiger partial charge is 0.475 e. The van der Waals surface area contributed by atoms with E-state index < -0.39 is 6.10 Å². The van der Waals surface area contributed by atoms with Crippen LogP contribution >= 0.6 is 0 Å². The minimum absolute atomic E-state index is 0.0627. The van der Waals surface area contributed by atoms with Crippen LogP contribution in [0.25, 0.3) is 0 Å². The van der Waals surface area contributed by atoms with Crippen molar-refractivity contribution in [2.45, 2.75) is 25.9 Å². The summed E-state index contributed by atoms with van der Waals surface area (Å²) in [7, 11) is 0. The Kier molecular flexibility index (Phi) is 4.52. The molecule has 4 heteroatoms. The van der Waals surface area contributed by atoms with Crippen LogP contribution in [0.15, 0.2) is 18.3 Å². The standard InChI is InChI=1S/C11H17NO3/c1-8(2)10-4-3-5-12-11(10)15-7-9(14)6-13/h3-5,8-9,13-14H,6-7H2,1-2H3. The van der Waals surface area contributed by atoms with Crippen molar-refractivity contribution in [2.75, 3.05) is 13.2 Å². The highest BCUT2D eigenvalue weighted by molar-refractivity contribution is 5.28. The average Bonchev–Trinajstić information content (AvgIpc) is 2.26. The van der Waals surface area contributed by atoms with Crippen molar-refractivity contribution in [1.29, 1.82) is 0 Å². The summed E-state index contributed by atoms with van der Waals surface area (Å²) >= 11 is 0. The van der Waals surface area contributed by atoms with Crippen LogP contribution in [-0.4, -0.2) is 34.5 Å². The molecule has 0 spiro atoms. The topological polar surface area (TPSA) is 62.6 Å². The zero-order valence-corrected chi connectivity index (χ0v) is 9.05. The van der Waals surface area contributed by atoms with E-state index >= 15 is 0 Å². The SMILES string of the molecule is CC(C)c1cccnc1OCC(O)CO. The first-order valence-electron chi connectivity index (χ1n) is 5.01. The molecule has 1 rings (SSSR count). The Morgan fingerprint density at radius 2 is 2.20 bits per heavy atom. The van der Waals surface area contributed by atoms with E-state index in [1.54, 1.807) is 6.20 Å². The first kappa shape index (κ1) is 11.9. The molecule has 15 heavy (non-hydrogen) atoms. The van der Waals surface area contributed by atoms with Gasteiger partial charge in [0.1, 0.15) is 12.7 Å². The number of aliphatic hydroxyl groups is 2. The lowest BCUT2D eigenvalue weighted by molar-refractivity contribution is 0.0517. The van der Waals surface area contributed by atoms with Crippen molar-refractivity contribution in [3.63, 3.8) is 0 Å². The number of hydrogen-bond acceptors (Lipinski definition) is 4. The van der Waals surface area contributed by atoms with Gasteiger partial charge in [0.15, 0.2) is 0 Å². The molecule has 1 aromatic rings. The summed E-state index contributed by atoms with van der Waals surface area (Å²) in [6.07, 6.45) is 0.791. The molecule has 0 bridgehead atoms. The summed E-state index contributed by atoms with van der Waals surface area (Å²) in [5.41, 5.74) is 1.00. The smallest absolute Gasteiger partial charge is 0.216 e. The fourth-order valence-corrected chi connectivity index (χ4v) is 1.19. The first-order valence-corrected chi connectivity index (χ1v) is 5.01. The molecule has 1 heterocycles. The molecule has 0 saturated carbocycles. The number of nitrogens with zero attached hydrogens (tertiary/aromatic N) is 1. The van der Waals surface area contributed by atoms with Crippen LogP contribution in [0.3, 0.4) is 0 Å². The number of ether oxygens (including phenoxy) is 1. The molecule has 0 aliphatic heterocycles. The molecule has 84 valence electrons. The Balaban J connectivity index is 2.67. The monoisotopic (exact) mass is 211 g/mol. The summed E-state index contributed by atoms with van der Waals surface area (Å²) in [5.74, 6) is 0.847. The van der Waals surface area contributed by atoms with Crippen LogP contribution in [0.5, 0.6) is 5.88 Å². The van der Waals surface area contributed by atoms with Gasteiger partial charge in [-0.15, -0.1) is 0 Å². The maximum absolute atomic E-state index is 9.15. The lowest BCUT2D eigenvalue weighted by atomic mass is 10.1. The number of aliphatic hydroxyl groups excluding tert-OH is 2. The van der Waals surface area contributed by atoms with Crippen molar-refractivity contribution in [3.8, 4) is 5.88 Å². The molecule has 0 fully saturated rings. The number of hydrogen-bond donors (Lipinski definition) is 2. The summed E-state index contributed by atoms with van der Waals surface area (Å²) in [6, 6.07) is 3.79. The van der Waals surface area contributed by atoms with Gasteiger partial charge in [-0.2, -0.15) is 0 Å². The van der Waals surface area contributed by atoms with Crippen LogP contribution in [-0.2, 0) is 0 Å². The maximum atomic E-state index is 9.15. The molecule has 0 amide bonds. The molecule has 0 aliphatic carbocycles. The van der Waals surface area contributed by atoms with Gasteiger partial charge in [0, 0.05) is 11.8 Å². The van der Waals surface area contributed by atoms with Gasteiger partial charge in [0.05, 0.1) is 6.61 Å². The zero-order valence-electron chi connectivity index (χ0n) is 9.05. The van der Waals surface area contributed by atoms with E-state index in [-0.39, 0.29) is 13.2 Å². The van der Waals surface area contributed by atoms with Gasteiger partial charge in [-0.05, 0) is 12.0 Å². The molecular weight excluding hydrogens is 194 g/mol. The molecule has 0 saturated heterocycles. The Labute approximate surface area is 89.5 Å². The van der Waals surface area contributed by atoms with E-state index in [2.05, 4.69) is 4.98 Å². The van der Waals surface area contributed by atoms with Crippen LogP contribution in [0, 0.1) is 0 Å². The van der Waals surface area contributed by atoms with Gasteiger partial charge < -0.3 is 14.9 Å². The van der Waals surface area contributed by atoms with Gasteiger partial charge in [0.25, 0.3) is 0 Å². The molecule has 1 aromatic heterocycles. The van der Waals surface area contributed by atoms with Gasteiger partial charge in [-0.25, -0.2) is 4.98 Å². The van der Waals surface area contributed by atoms with Crippen molar-refractivity contribution < 1.29 is 14.9 Å². The van der Waals surface area contributed by atoms with Crippen LogP contribution in [0.2, 0.25) is 0 Å². The third-order valence-electron chi connectivity index (χ3n) is 2.05. The fourth-order valence-electron chi connectivity index (χ4n) is 1.19. The second-order valence-electron chi connectivity index (χ2n) is 3.70. The third kappa shape index (κ3) is 3.49. The van der Waals surface area contributed by atoms with Gasteiger partial charge >= 0.3 is 0 Å². The molecule has 0 aliphatic rings. The summed E-state index contributed by atoms with van der Waals surface area (Å²) in [4.78, 5) is 4.09. The Hall–Kier alpha value is -1.13. The average molecular weight is 211 g/mol. The molecule has 1 atom stereocenters. The van der Waals surface area contributed by atoms with E-state index in [0.717, 1.165) is 5.56 Å². The quantitative estimate of drug-likeness (QED) is 0.760. The van der Waals surface area contributed by atoms with Gasteiger partial charge in [0.2, 0.25) is 5.88 Å². The van der Waals surface area contributed by atoms with E-state index in [4.69, 9.17) is 14.9 Å². The lowest BCUT2D eigenvalue weighted by Crippen LogP contribution is -2.22. The molecule has 0 radical (unpaired) electrons. The van der Waals surface area contributed by atoms with Crippen LogP contribution < -0.4 is 4.74 Å². The molecule has 0 aromatic carbocycles. The number of pyridine rings is 1. The van der Waals surface area contributed by atoms with E-state index in [9.17, 15) is 0 Å². The first-order chi connectivity index (χ1) is 7.15. The molecule has 2 N–H and O–H groups in total. The van der Waals surface area contributed by atoms with Crippen molar-refractivity contribution in [2.24, 2.45) is 0 Å². The van der Waals surface area contributed by atoms with Crippen molar-refractivity contribution in [1.82, 2.24) is 4.98 Å². The highest BCUT2D eigenvalue weighted by atomic mass is 16.5. The Morgan fingerprint density at radius 1 is 1.47 bits per heavy atom. The normalized spacial score (nSPS) is 12.9. The summed E-state index contributed by atoms with van der Waals surface area (Å²) in [6.45, 7) is 3.86. The predicted octanol–water partition coefficient (Wildman–Crippen LogP) is 0.937. The Bertz CT molecular complexity index is 302. The Morgan fingerprint density at radius 3 is 2.80 bits per heavy atom. The minimum atomic E-state index is -0.855. The predicted molar refractivity (Wildman–Crippen MR) is 56.9 cm³/mol. The fraction of sp³-hybridized carbons (Fsp3) is 0.545. The van der Waals surface area contributed by atoms with E-state index in [1.165, 1.54) is 0 Å².